The lowest BCUT2D eigenvalue weighted by Gasteiger charge is -2.04. The molecule has 0 bridgehead atoms. The van der Waals surface area contributed by atoms with Crippen LogP contribution < -0.4 is 5.32 Å². The number of halogens is 2. The first-order valence-electron chi connectivity index (χ1n) is 5.65. The number of rotatable bonds is 4. The van der Waals surface area contributed by atoms with E-state index in [9.17, 15) is 9.18 Å². The number of hydrogen-bond donors (Lipinski definition) is 1. The van der Waals surface area contributed by atoms with Gasteiger partial charge in [0.2, 0.25) is 11.0 Å². The molecule has 1 aromatic heterocycles. The van der Waals surface area contributed by atoms with Crippen molar-refractivity contribution in [3.05, 3.63) is 39.1 Å². The Labute approximate surface area is 122 Å². The zero-order chi connectivity index (χ0) is 13.8. The van der Waals surface area contributed by atoms with Crippen LogP contribution in [0.2, 0.25) is 0 Å². The highest BCUT2D eigenvalue weighted by molar-refractivity contribution is 9.10. The first-order valence-corrected chi connectivity index (χ1v) is 7.26. The van der Waals surface area contributed by atoms with Gasteiger partial charge in [-0.2, -0.15) is 0 Å². The Bertz CT molecular complexity index is 602. The minimum absolute atomic E-state index is 0.0354. The lowest BCUT2D eigenvalue weighted by Crippen LogP contribution is -2.15. The average molecular weight is 344 g/mol. The molecule has 0 saturated carbocycles. The number of nitrogens with one attached hydrogen (secondary N) is 1. The maximum Gasteiger partial charge on any atom is 0.230 e. The van der Waals surface area contributed by atoms with Crippen LogP contribution >= 0.6 is 27.3 Å². The Hall–Kier alpha value is -1.34. The molecular weight excluding hydrogens is 333 g/mol. The molecule has 0 atom stereocenters. The zero-order valence-electron chi connectivity index (χ0n) is 10.1. The van der Waals surface area contributed by atoms with Gasteiger partial charge in [0.15, 0.2) is 0 Å². The fourth-order valence-corrected chi connectivity index (χ4v) is 2.57. The van der Waals surface area contributed by atoms with Gasteiger partial charge < -0.3 is 5.32 Å². The summed E-state index contributed by atoms with van der Waals surface area (Å²) in [6, 6.07) is 4.86. The van der Waals surface area contributed by atoms with Gasteiger partial charge in [0, 0.05) is 0 Å². The Kier molecular flexibility index (Phi) is 4.60. The van der Waals surface area contributed by atoms with E-state index in [2.05, 4.69) is 31.4 Å². The predicted octanol–water partition coefficient (Wildman–Crippen LogP) is 3.18. The van der Waals surface area contributed by atoms with Crippen molar-refractivity contribution in [1.29, 1.82) is 0 Å². The van der Waals surface area contributed by atoms with Crippen molar-refractivity contribution in [3.63, 3.8) is 0 Å². The number of carbonyl (C=O) groups excluding carboxylic acids is 1. The summed E-state index contributed by atoms with van der Waals surface area (Å²) in [4.78, 5) is 11.8. The summed E-state index contributed by atoms with van der Waals surface area (Å²) >= 11 is 4.41. The van der Waals surface area contributed by atoms with Crippen LogP contribution in [0.3, 0.4) is 0 Å². The van der Waals surface area contributed by atoms with E-state index >= 15 is 0 Å². The van der Waals surface area contributed by atoms with Gasteiger partial charge in [-0.3, -0.25) is 4.79 Å². The van der Waals surface area contributed by atoms with E-state index < -0.39 is 5.82 Å². The van der Waals surface area contributed by atoms with Crippen LogP contribution in [0.25, 0.3) is 0 Å². The Morgan fingerprint density at radius 2 is 2.26 bits per heavy atom. The smallest absolute Gasteiger partial charge is 0.230 e. The van der Waals surface area contributed by atoms with Gasteiger partial charge in [0.25, 0.3) is 0 Å². The van der Waals surface area contributed by atoms with Gasteiger partial charge in [-0.25, -0.2) is 4.39 Å². The van der Waals surface area contributed by atoms with Gasteiger partial charge >= 0.3 is 0 Å². The third-order valence-electron chi connectivity index (χ3n) is 2.40. The van der Waals surface area contributed by atoms with Gasteiger partial charge in [-0.15, -0.1) is 10.2 Å². The molecule has 1 heterocycles. The summed E-state index contributed by atoms with van der Waals surface area (Å²) in [6.07, 6.45) is 0.736. The van der Waals surface area contributed by atoms with E-state index in [-0.39, 0.29) is 12.3 Å². The minimum atomic E-state index is -0.413. The highest BCUT2D eigenvalue weighted by Crippen LogP contribution is 2.20. The van der Waals surface area contributed by atoms with Crippen molar-refractivity contribution in [2.45, 2.75) is 19.8 Å². The van der Waals surface area contributed by atoms with E-state index in [1.165, 1.54) is 11.3 Å². The lowest BCUT2D eigenvalue weighted by molar-refractivity contribution is -0.115. The molecule has 1 N–H and O–H groups in total. The van der Waals surface area contributed by atoms with Crippen LogP contribution in [-0.4, -0.2) is 16.1 Å². The summed E-state index contributed by atoms with van der Waals surface area (Å²) in [6.45, 7) is 1.96. The molecule has 2 rings (SSSR count). The first-order chi connectivity index (χ1) is 9.10. The highest BCUT2D eigenvalue weighted by atomic mass is 79.9. The van der Waals surface area contributed by atoms with Crippen molar-refractivity contribution in [3.8, 4) is 0 Å². The Balaban J connectivity index is 2.03. The van der Waals surface area contributed by atoms with Gasteiger partial charge in [-0.1, -0.05) is 30.4 Å². The average Bonchev–Trinajstić information content (AvgIpc) is 2.82. The van der Waals surface area contributed by atoms with E-state index in [4.69, 9.17) is 0 Å². The van der Waals surface area contributed by atoms with E-state index in [1.807, 2.05) is 6.92 Å². The molecule has 100 valence electrons. The van der Waals surface area contributed by atoms with Crippen molar-refractivity contribution in [2.75, 3.05) is 5.32 Å². The van der Waals surface area contributed by atoms with Crippen molar-refractivity contribution >= 4 is 38.3 Å². The molecule has 0 fully saturated rings. The molecule has 0 aliphatic rings. The standard InChI is InChI=1S/C12H11BrFN3OS/c1-2-10-16-17-12(19-10)15-9(18)6-7-4-3-5-8(13)11(7)14/h3-5H,2,6H2,1H3,(H,15,17,18). The zero-order valence-corrected chi connectivity index (χ0v) is 12.5. The third-order valence-corrected chi connectivity index (χ3v) is 3.99. The van der Waals surface area contributed by atoms with Gasteiger partial charge in [0.1, 0.15) is 10.8 Å². The van der Waals surface area contributed by atoms with Crippen molar-refractivity contribution in [1.82, 2.24) is 10.2 Å². The molecule has 2 aromatic rings. The van der Waals surface area contributed by atoms with E-state index in [1.54, 1.807) is 18.2 Å². The van der Waals surface area contributed by atoms with Crippen LogP contribution in [-0.2, 0) is 17.6 Å². The third kappa shape index (κ3) is 3.57. The van der Waals surface area contributed by atoms with Crippen LogP contribution in [0.4, 0.5) is 9.52 Å². The second-order valence-corrected chi connectivity index (χ2v) is 5.71. The molecule has 4 nitrogen and oxygen atoms in total. The second-order valence-electron chi connectivity index (χ2n) is 3.79. The molecule has 0 saturated heterocycles. The summed E-state index contributed by atoms with van der Waals surface area (Å²) in [7, 11) is 0. The topological polar surface area (TPSA) is 54.9 Å². The van der Waals surface area contributed by atoms with Gasteiger partial charge in [0.05, 0.1) is 10.9 Å². The maximum absolute atomic E-state index is 13.7. The molecule has 0 spiro atoms. The van der Waals surface area contributed by atoms with Gasteiger partial charge in [-0.05, 0) is 34.0 Å². The number of anilines is 1. The molecule has 1 amide bonds. The molecule has 0 radical (unpaired) electrons. The predicted molar refractivity (Wildman–Crippen MR) is 75.7 cm³/mol. The van der Waals surface area contributed by atoms with E-state index in [0.717, 1.165) is 11.4 Å². The minimum Gasteiger partial charge on any atom is -0.300 e. The summed E-state index contributed by atoms with van der Waals surface area (Å²) in [5.41, 5.74) is 0.340. The monoisotopic (exact) mass is 343 g/mol. The van der Waals surface area contributed by atoms with Crippen LogP contribution in [0.1, 0.15) is 17.5 Å². The van der Waals surface area contributed by atoms with Crippen molar-refractivity contribution in [2.24, 2.45) is 0 Å². The van der Waals surface area contributed by atoms with Crippen LogP contribution in [0, 0.1) is 5.82 Å². The molecule has 0 aliphatic carbocycles. The van der Waals surface area contributed by atoms with Crippen LogP contribution in [0.15, 0.2) is 22.7 Å². The fraction of sp³-hybridized carbons (Fsp3) is 0.250. The second kappa shape index (κ2) is 6.21. The summed E-state index contributed by atoms with van der Waals surface area (Å²) in [5, 5.41) is 11.6. The fourth-order valence-electron chi connectivity index (χ4n) is 1.47. The number of aryl methyl sites for hydroxylation is 1. The normalized spacial score (nSPS) is 10.5. The molecule has 1 aromatic carbocycles. The molecular formula is C12H11BrFN3OS. The number of amides is 1. The largest absolute Gasteiger partial charge is 0.300 e. The van der Waals surface area contributed by atoms with Crippen molar-refractivity contribution < 1.29 is 9.18 Å². The number of aromatic nitrogens is 2. The SMILES string of the molecule is CCc1nnc(NC(=O)Cc2cccc(Br)c2F)s1. The quantitative estimate of drug-likeness (QED) is 0.927. The molecule has 0 unspecified atom stereocenters. The highest BCUT2D eigenvalue weighted by Gasteiger charge is 2.12. The first kappa shape index (κ1) is 14.1. The number of benzene rings is 1. The number of hydrogen-bond acceptors (Lipinski definition) is 4. The summed E-state index contributed by atoms with van der Waals surface area (Å²) < 4.78 is 14.1. The Morgan fingerprint density at radius 3 is 2.95 bits per heavy atom. The summed E-state index contributed by atoms with van der Waals surface area (Å²) in [5.74, 6) is -0.722. The molecule has 19 heavy (non-hydrogen) atoms. The molecule has 7 heteroatoms. The van der Waals surface area contributed by atoms with E-state index in [0.29, 0.717) is 15.2 Å². The number of nitrogens with zero attached hydrogens (tertiary/aromatic N) is 2. The number of carbonyl (C=O) groups is 1. The maximum atomic E-state index is 13.7. The lowest BCUT2D eigenvalue weighted by atomic mass is 10.1. The molecule has 0 aliphatic heterocycles. The van der Waals surface area contributed by atoms with Crippen LogP contribution in [0.5, 0.6) is 0 Å². The Morgan fingerprint density at radius 1 is 1.47 bits per heavy atom.